The Hall–Kier alpha value is -0.870. The maximum Gasteiger partial charge on any atom is 0.246 e. The highest BCUT2D eigenvalue weighted by molar-refractivity contribution is 5.78. The number of carbonyl (C=O) groups is 1. The zero-order valence-electron chi connectivity index (χ0n) is 10.1. The van der Waals surface area contributed by atoms with Gasteiger partial charge in [0.1, 0.15) is 6.10 Å². The number of nitrogens with two attached hydrogens (primary N) is 1. The molecule has 1 rings (SSSR count). The molecule has 92 valence electrons. The second-order valence-corrected chi connectivity index (χ2v) is 4.77. The van der Waals surface area contributed by atoms with Crippen LogP contribution in [0.5, 0.6) is 0 Å². The Labute approximate surface area is 97.1 Å². The summed E-state index contributed by atoms with van der Waals surface area (Å²) >= 11 is 0. The van der Waals surface area contributed by atoms with Crippen LogP contribution in [0.1, 0.15) is 26.7 Å². The van der Waals surface area contributed by atoms with Gasteiger partial charge in [0.25, 0.3) is 0 Å². The van der Waals surface area contributed by atoms with Crippen LogP contribution in [0.2, 0.25) is 0 Å². The summed E-state index contributed by atoms with van der Waals surface area (Å²) in [6.07, 6.45) is 2.93. The van der Waals surface area contributed by atoms with Gasteiger partial charge in [0.2, 0.25) is 5.91 Å². The van der Waals surface area contributed by atoms with E-state index in [1.165, 1.54) is 5.57 Å². The molecule has 0 saturated carbocycles. The van der Waals surface area contributed by atoms with Crippen molar-refractivity contribution in [1.29, 1.82) is 0 Å². The van der Waals surface area contributed by atoms with Gasteiger partial charge in [-0.25, -0.2) is 0 Å². The molecule has 0 aromatic rings. The molecule has 0 bridgehead atoms. The average Bonchev–Trinajstić information content (AvgIpc) is 2.26. The van der Waals surface area contributed by atoms with Gasteiger partial charge >= 0.3 is 0 Å². The Morgan fingerprint density at radius 1 is 1.50 bits per heavy atom. The minimum Gasteiger partial charge on any atom is -0.383 e. The SMILES string of the molecule is CC(C)=CCN1CCC(C(O)C(N)=O)CC1. The zero-order valence-corrected chi connectivity index (χ0v) is 10.1. The maximum absolute atomic E-state index is 10.8. The molecule has 0 spiro atoms. The Kier molecular flexibility index (Phi) is 4.96. The lowest BCUT2D eigenvalue weighted by atomic mass is 9.91. The molecule has 0 aliphatic carbocycles. The maximum atomic E-state index is 10.8. The van der Waals surface area contributed by atoms with E-state index in [-0.39, 0.29) is 5.92 Å². The van der Waals surface area contributed by atoms with E-state index in [0.29, 0.717) is 0 Å². The third kappa shape index (κ3) is 3.94. The van der Waals surface area contributed by atoms with E-state index in [4.69, 9.17) is 5.73 Å². The Morgan fingerprint density at radius 3 is 2.50 bits per heavy atom. The Balaban J connectivity index is 2.34. The fraction of sp³-hybridized carbons (Fsp3) is 0.750. The summed E-state index contributed by atoms with van der Waals surface area (Å²) in [5.41, 5.74) is 6.41. The first-order valence-corrected chi connectivity index (χ1v) is 5.84. The molecule has 1 heterocycles. The molecule has 1 aliphatic heterocycles. The smallest absolute Gasteiger partial charge is 0.246 e. The standard InChI is InChI=1S/C12H22N2O2/c1-9(2)3-6-14-7-4-10(5-8-14)11(15)12(13)16/h3,10-11,15H,4-8H2,1-2H3,(H2,13,16). The lowest BCUT2D eigenvalue weighted by Crippen LogP contribution is -2.42. The molecule has 0 radical (unpaired) electrons. The van der Waals surface area contributed by atoms with E-state index in [1.54, 1.807) is 0 Å². The van der Waals surface area contributed by atoms with Crippen LogP contribution in [0.3, 0.4) is 0 Å². The van der Waals surface area contributed by atoms with Crippen molar-refractivity contribution >= 4 is 5.91 Å². The molecule has 3 N–H and O–H groups in total. The van der Waals surface area contributed by atoms with Crippen LogP contribution in [0.25, 0.3) is 0 Å². The Bertz CT molecular complexity index is 264. The Morgan fingerprint density at radius 2 is 2.06 bits per heavy atom. The molecular formula is C12H22N2O2. The van der Waals surface area contributed by atoms with Gasteiger partial charge in [0, 0.05) is 6.54 Å². The predicted molar refractivity (Wildman–Crippen MR) is 63.8 cm³/mol. The van der Waals surface area contributed by atoms with Crippen molar-refractivity contribution < 1.29 is 9.90 Å². The van der Waals surface area contributed by atoms with Gasteiger partial charge in [-0.1, -0.05) is 11.6 Å². The van der Waals surface area contributed by atoms with E-state index in [2.05, 4.69) is 24.8 Å². The van der Waals surface area contributed by atoms with Crippen LogP contribution in [0.15, 0.2) is 11.6 Å². The molecule has 1 atom stereocenters. The summed E-state index contributed by atoms with van der Waals surface area (Å²) in [6.45, 7) is 6.99. The van der Waals surface area contributed by atoms with Crippen molar-refractivity contribution in [2.45, 2.75) is 32.8 Å². The fourth-order valence-corrected chi connectivity index (χ4v) is 2.00. The number of allylic oxidation sites excluding steroid dienone is 1. The summed E-state index contributed by atoms with van der Waals surface area (Å²) in [6, 6.07) is 0. The van der Waals surface area contributed by atoms with Crippen molar-refractivity contribution in [1.82, 2.24) is 4.90 Å². The number of aliphatic hydroxyl groups excluding tert-OH is 1. The number of piperidine rings is 1. The molecule has 4 heteroatoms. The number of nitrogens with zero attached hydrogens (tertiary/aromatic N) is 1. The number of carbonyl (C=O) groups excluding carboxylic acids is 1. The van der Waals surface area contributed by atoms with Crippen LogP contribution in [0, 0.1) is 5.92 Å². The van der Waals surface area contributed by atoms with Gasteiger partial charge in [-0.2, -0.15) is 0 Å². The van der Waals surface area contributed by atoms with Crippen LogP contribution < -0.4 is 5.73 Å². The van der Waals surface area contributed by atoms with Gasteiger partial charge in [-0.15, -0.1) is 0 Å². The highest BCUT2D eigenvalue weighted by Gasteiger charge is 2.27. The van der Waals surface area contributed by atoms with E-state index in [0.717, 1.165) is 32.5 Å². The summed E-state index contributed by atoms with van der Waals surface area (Å²) in [4.78, 5) is 13.2. The third-order valence-electron chi connectivity index (χ3n) is 3.13. The second-order valence-electron chi connectivity index (χ2n) is 4.77. The number of rotatable bonds is 4. The molecule has 0 aromatic heterocycles. The summed E-state index contributed by atoms with van der Waals surface area (Å²) in [5.74, 6) is -0.553. The highest BCUT2D eigenvalue weighted by Crippen LogP contribution is 2.20. The minimum absolute atomic E-state index is 0.0421. The zero-order chi connectivity index (χ0) is 12.1. The monoisotopic (exact) mass is 226 g/mol. The number of likely N-dealkylation sites (tertiary alicyclic amines) is 1. The first-order valence-electron chi connectivity index (χ1n) is 5.84. The molecular weight excluding hydrogens is 204 g/mol. The number of hydrogen-bond donors (Lipinski definition) is 2. The van der Waals surface area contributed by atoms with Crippen LogP contribution >= 0.6 is 0 Å². The molecule has 0 aromatic carbocycles. The van der Waals surface area contributed by atoms with Crippen molar-refractivity contribution in [2.75, 3.05) is 19.6 Å². The van der Waals surface area contributed by atoms with Crippen LogP contribution in [-0.4, -0.2) is 41.7 Å². The number of amides is 1. The van der Waals surface area contributed by atoms with E-state index in [9.17, 15) is 9.90 Å². The van der Waals surface area contributed by atoms with Crippen molar-refractivity contribution in [3.05, 3.63) is 11.6 Å². The summed E-state index contributed by atoms with van der Waals surface area (Å²) < 4.78 is 0. The fourth-order valence-electron chi connectivity index (χ4n) is 2.00. The molecule has 1 saturated heterocycles. The number of primary amides is 1. The quantitative estimate of drug-likeness (QED) is 0.686. The van der Waals surface area contributed by atoms with Gasteiger partial charge in [0.05, 0.1) is 0 Å². The van der Waals surface area contributed by atoms with Crippen molar-refractivity contribution in [3.8, 4) is 0 Å². The summed E-state index contributed by atoms with van der Waals surface area (Å²) in [5, 5.41) is 9.55. The topological polar surface area (TPSA) is 66.6 Å². The van der Waals surface area contributed by atoms with Gasteiger partial charge < -0.3 is 10.8 Å². The molecule has 16 heavy (non-hydrogen) atoms. The van der Waals surface area contributed by atoms with E-state index in [1.807, 2.05) is 0 Å². The van der Waals surface area contributed by atoms with Gasteiger partial charge in [-0.3, -0.25) is 9.69 Å². The molecule has 1 unspecified atom stereocenters. The second kappa shape index (κ2) is 6.01. The normalized spacial score (nSPS) is 20.4. The predicted octanol–water partition coefficient (Wildman–Crippen LogP) is 0.511. The van der Waals surface area contributed by atoms with Gasteiger partial charge in [0.15, 0.2) is 0 Å². The summed E-state index contributed by atoms with van der Waals surface area (Å²) in [7, 11) is 0. The van der Waals surface area contributed by atoms with E-state index >= 15 is 0 Å². The lowest BCUT2D eigenvalue weighted by Gasteiger charge is -2.32. The van der Waals surface area contributed by atoms with Gasteiger partial charge in [-0.05, 0) is 45.7 Å². The highest BCUT2D eigenvalue weighted by atomic mass is 16.3. The third-order valence-corrected chi connectivity index (χ3v) is 3.13. The minimum atomic E-state index is -0.967. The van der Waals surface area contributed by atoms with Crippen molar-refractivity contribution in [3.63, 3.8) is 0 Å². The van der Waals surface area contributed by atoms with E-state index < -0.39 is 12.0 Å². The average molecular weight is 226 g/mol. The van der Waals surface area contributed by atoms with Crippen molar-refractivity contribution in [2.24, 2.45) is 11.7 Å². The van der Waals surface area contributed by atoms with Crippen LogP contribution in [-0.2, 0) is 4.79 Å². The molecule has 1 fully saturated rings. The first kappa shape index (κ1) is 13.2. The first-order chi connectivity index (χ1) is 7.50. The molecule has 1 aliphatic rings. The molecule has 4 nitrogen and oxygen atoms in total. The molecule has 1 amide bonds. The number of hydrogen-bond acceptors (Lipinski definition) is 3. The number of aliphatic hydroxyl groups is 1. The van der Waals surface area contributed by atoms with Crippen LogP contribution in [0.4, 0.5) is 0 Å². The largest absolute Gasteiger partial charge is 0.383 e. The lowest BCUT2D eigenvalue weighted by molar-refractivity contribution is -0.129.